The zero-order valence-electron chi connectivity index (χ0n) is 16.4. The molecule has 0 aromatic heterocycles. The van der Waals surface area contributed by atoms with Gasteiger partial charge in [-0.25, -0.2) is 0 Å². The van der Waals surface area contributed by atoms with E-state index in [9.17, 15) is 4.79 Å². The summed E-state index contributed by atoms with van der Waals surface area (Å²) in [6.45, 7) is 2.85. The number of hydrogen-bond donors (Lipinski definition) is 0. The number of fused-ring (bicyclic) bond motifs is 2. The Balaban J connectivity index is 1.50. The Morgan fingerprint density at radius 3 is 2.86 bits per heavy atom. The highest BCUT2D eigenvalue weighted by molar-refractivity contribution is 6.07. The molecule has 1 aliphatic heterocycles. The summed E-state index contributed by atoms with van der Waals surface area (Å²) < 4.78 is 11.2. The maximum atomic E-state index is 12.1. The number of rotatable bonds is 6. The average molecular weight is 377 g/mol. The second-order valence-corrected chi connectivity index (χ2v) is 7.52. The van der Waals surface area contributed by atoms with Crippen LogP contribution in [0.2, 0.25) is 0 Å². The summed E-state index contributed by atoms with van der Waals surface area (Å²) in [6, 6.07) is 10.2. The molecule has 0 amide bonds. The molecule has 4 nitrogen and oxygen atoms in total. The molecule has 1 atom stereocenters. The largest absolute Gasteiger partial charge is 0.489 e. The molecule has 1 heterocycles. The quantitative estimate of drug-likeness (QED) is 0.635. The predicted octanol–water partition coefficient (Wildman–Crippen LogP) is 5.27. The van der Waals surface area contributed by atoms with Crippen molar-refractivity contribution in [3.05, 3.63) is 70.6 Å². The zero-order valence-corrected chi connectivity index (χ0v) is 16.4. The van der Waals surface area contributed by atoms with Gasteiger partial charge >= 0.3 is 5.97 Å². The summed E-state index contributed by atoms with van der Waals surface area (Å²) in [5.41, 5.74) is 5.97. The summed E-state index contributed by atoms with van der Waals surface area (Å²) in [5.74, 6) is 0.936. The normalized spacial score (nSPS) is 21.0. The molecular formula is C24H27NO3. The molecule has 1 unspecified atom stereocenters. The Morgan fingerprint density at radius 2 is 2.04 bits per heavy atom. The zero-order chi connectivity index (χ0) is 19.3. The molecule has 1 fully saturated rings. The lowest BCUT2D eigenvalue weighted by atomic mass is 9.89. The van der Waals surface area contributed by atoms with Gasteiger partial charge in [0.1, 0.15) is 12.4 Å². The Bertz CT molecular complexity index is 861. The van der Waals surface area contributed by atoms with Crippen molar-refractivity contribution in [1.29, 1.82) is 0 Å². The van der Waals surface area contributed by atoms with E-state index in [1.165, 1.54) is 11.1 Å². The Morgan fingerprint density at radius 1 is 1.18 bits per heavy atom. The maximum Gasteiger partial charge on any atom is 0.306 e. The van der Waals surface area contributed by atoms with E-state index in [-0.39, 0.29) is 11.9 Å². The molecule has 4 heteroatoms. The Kier molecular flexibility index (Phi) is 5.75. The first-order valence-electron chi connectivity index (χ1n) is 10.3. The van der Waals surface area contributed by atoms with Crippen molar-refractivity contribution in [2.45, 2.75) is 52.1 Å². The number of esters is 1. The molecule has 1 aromatic carbocycles. The van der Waals surface area contributed by atoms with E-state index in [1.54, 1.807) is 0 Å². The average Bonchev–Trinajstić information content (AvgIpc) is 2.96. The third-order valence-corrected chi connectivity index (χ3v) is 5.59. The van der Waals surface area contributed by atoms with Crippen LogP contribution in [0.15, 0.2) is 70.1 Å². The highest BCUT2D eigenvalue weighted by atomic mass is 16.5. The van der Waals surface area contributed by atoms with E-state index < -0.39 is 0 Å². The van der Waals surface area contributed by atoms with Crippen LogP contribution in [0.5, 0.6) is 0 Å². The van der Waals surface area contributed by atoms with Crippen LogP contribution in [0.3, 0.4) is 0 Å². The van der Waals surface area contributed by atoms with E-state index >= 15 is 0 Å². The van der Waals surface area contributed by atoms with Crippen LogP contribution in [0.25, 0.3) is 0 Å². The number of carbonyl (C=O) groups is 1. The van der Waals surface area contributed by atoms with Crippen molar-refractivity contribution in [3.8, 4) is 0 Å². The van der Waals surface area contributed by atoms with Crippen molar-refractivity contribution >= 4 is 11.7 Å². The summed E-state index contributed by atoms with van der Waals surface area (Å²) in [6.07, 6.45) is 9.85. The fourth-order valence-corrected chi connectivity index (χ4v) is 4.22. The minimum absolute atomic E-state index is 0.115. The first-order chi connectivity index (χ1) is 13.7. The van der Waals surface area contributed by atoms with Crippen molar-refractivity contribution in [1.82, 2.24) is 0 Å². The maximum absolute atomic E-state index is 12.1. The van der Waals surface area contributed by atoms with Crippen LogP contribution < -0.4 is 0 Å². The molecule has 0 bridgehead atoms. The van der Waals surface area contributed by atoms with Gasteiger partial charge in [-0.15, -0.1) is 0 Å². The van der Waals surface area contributed by atoms with Crippen LogP contribution in [0.4, 0.5) is 0 Å². The van der Waals surface area contributed by atoms with E-state index in [0.29, 0.717) is 19.6 Å². The van der Waals surface area contributed by atoms with E-state index in [0.717, 1.165) is 54.8 Å². The van der Waals surface area contributed by atoms with Crippen molar-refractivity contribution in [3.63, 3.8) is 0 Å². The number of benzene rings is 1. The third kappa shape index (κ3) is 4.11. The van der Waals surface area contributed by atoms with Gasteiger partial charge in [-0.05, 0) is 55.4 Å². The smallest absolute Gasteiger partial charge is 0.306 e. The molecule has 4 rings (SSSR count). The number of nitrogens with zero attached hydrogens (tertiary/aromatic N) is 1. The lowest BCUT2D eigenvalue weighted by Gasteiger charge is -2.15. The van der Waals surface area contributed by atoms with Crippen molar-refractivity contribution in [2.24, 2.45) is 10.9 Å². The van der Waals surface area contributed by atoms with Gasteiger partial charge in [-0.2, -0.15) is 0 Å². The fraction of sp³-hybridized carbons (Fsp3) is 0.417. The minimum atomic E-state index is -0.115. The topological polar surface area (TPSA) is 47.9 Å². The lowest BCUT2D eigenvalue weighted by molar-refractivity contribution is -0.143. The van der Waals surface area contributed by atoms with Gasteiger partial charge in [0.2, 0.25) is 0 Å². The van der Waals surface area contributed by atoms with Crippen LogP contribution in [0, 0.1) is 5.92 Å². The van der Waals surface area contributed by atoms with Crippen LogP contribution in [-0.4, -0.2) is 18.3 Å². The van der Waals surface area contributed by atoms with Crippen LogP contribution >= 0.6 is 0 Å². The SMILES string of the molecule is CCOC(=O)CC1CCCCC2=C3CC=C(OCc4ccccc4)C=C3N=C21. The van der Waals surface area contributed by atoms with Crippen molar-refractivity contribution in [2.75, 3.05) is 6.61 Å². The summed E-state index contributed by atoms with van der Waals surface area (Å²) in [7, 11) is 0. The van der Waals surface area contributed by atoms with Gasteiger partial charge in [0.25, 0.3) is 0 Å². The molecular weight excluding hydrogens is 350 g/mol. The molecule has 0 saturated heterocycles. The molecule has 1 aromatic rings. The molecule has 3 aliphatic rings. The Hall–Kier alpha value is -2.62. The molecule has 2 aliphatic carbocycles. The first-order valence-corrected chi connectivity index (χ1v) is 10.3. The van der Waals surface area contributed by atoms with Gasteiger partial charge in [0.05, 0.1) is 18.7 Å². The van der Waals surface area contributed by atoms with Crippen LogP contribution in [-0.2, 0) is 20.9 Å². The van der Waals surface area contributed by atoms with Gasteiger partial charge in [-0.1, -0.05) is 36.8 Å². The van der Waals surface area contributed by atoms with E-state index in [1.807, 2.05) is 25.1 Å². The van der Waals surface area contributed by atoms with E-state index in [4.69, 9.17) is 14.5 Å². The monoisotopic (exact) mass is 377 g/mol. The summed E-state index contributed by atoms with van der Waals surface area (Å²) >= 11 is 0. The van der Waals surface area contributed by atoms with Gasteiger partial charge in [-0.3, -0.25) is 9.79 Å². The number of allylic oxidation sites excluding steroid dienone is 4. The molecule has 28 heavy (non-hydrogen) atoms. The predicted molar refractivity (Wildman–Crippen MR) is 110 cm³/mol. The lowest BCUT2D eigenvalue weighted by Crippen LogP contribution is -2.19. The summed E-state index contributed by atoms with van der Waals surface area (Å²) in [4.78, 5) is 17.0. The second-order valence-electron chi connectivity index (χ2n) is 7.52. The number of hydrogen-bond acceptors (Lipinski definition) is 4. The first kappa shape index (κ1) is 18.7. The molecule has 146 valence electrons. The van der Waals surface area contributed by atoms with E-state index in [2.05, 4.69) is 24.3 Å². The number of aliphatic imine (C=N–C) groups is 1. The van der Waals surface area contributed by atoms with Crippen LogP contribution in [0.1, 0.15) is 51.0 Å². The molecule has 0 spiro atoms. The van der Waals surface area contributed by atoms with Crippen molar-refractivity contribution < 1.29 is 14.3 Å². The standard InChI is InChI=1S/C24H27NO3/c1-2-27-23(26)14-18-10-6-7-11-21-20-13-12-19(15-22(20)25-24(18)21)28-16-17-8-4-3-5-9-17/h3-5,8-9,12,15,18H,2,6-7,10-11,13-14,16H2,1H3. The van der Waals surface area contributed by atoms with Gasteiger partial charge in [0, 0.05) is 17.7 Å². The highest BCUT2D eigenvalue weighted by Crippen LogP contribution is 2.41. The fourth-order valence-electron chi connectivity index (χ4n) is 4.22. The molecule has 0 radical (unpaired) electrons. The molecule has 1 saturated carbocycles. The molecule has 0 N–H and O–H groups in total. The highest BCUT2D eigenvalue weighted by Gasteiger charge is 2.33. The van der Waals surface area contributed by atoms with Gasteiger partial charge < -0.3 is 9.47 Å². The second kappa shape index (κ2) is 8.59. The van der Waals surface area contributed by atoms with Gasteiger partial charge in [0.15, 0.2) is 0 Å². The number of carbonyl (C=O) groups excluding carboxylic acids is 1. The Labute approximate surface area is 166 Å². The minimum Gasteiger partial charge on any atom is -0.489 e. The number of ether oxygens (including phenoxy) is 2. The third-order valence-electron chi connectivity index (χ3n) is 5.59. The summed E-state index contributed by atoms with van der Waals surface area (Å²) in [5, 5.41) is 0.